The summed E-state index contributed by atoms with van der Waals surface area (Å²) in [6.45, 7) is 2.05. The average molecular weight is 313 g/mol. The molecule has 2 nitrogen and oxygen atoms in total. The molecule has 0 bridgehead atoms. The van der Waals surface area contributed by atoms with Crippen LogP contribution in [0, 0.1) is 6.92 Å². The first-order chi connectivity index (χ1) is 11.7. The van der Waals surface area contributed by atoms with E-state index in [2.05, 4.69) is 6.92 Å². The van der Waals surface area contributed by atoms with E-state index in [-0.39, 0.29) is 5.76 Å². The normalized spacial score (nSPS) is 12.2. The molecule has 0 atom stereocenters. The second kappa shape index (κ2) is 7.42. The number of hydrogen-bond donors (Lipinski definition) is 1. The van der Waals surface area contributed by atoms with Crippen molar-refractivity contribution in [3.8, 4) is 0 Å². The summed E-state index contributed by atoms with van der Waals surface area (Å²) in [5.74, 6) is 0.200. The highest BCUT2D eigenvalue weighted by atomic mass is 16.3. The molecule has 3 aromatic rings. The predicted octanol–water partition coefficient (Wildman–Crippen LogP) is 5.71. The van der Waals surface area contributed by atoms with Crippen molar-refractivity contribution in [2.24, 2.45) is 4.99 Å². The second-order valence-corrected chi connectivity index (χ2v) is 5.59. The van der Waals surface area contributed by atoms with E-state index < -0.39 is 0 Å². The molecule has 0 unspecified atom stereocenters. The molecule has 0 aliphatic heterocycles. The summed E-state index contributed by atoms with van der Waals surface area (Å²) in [5.41, 5.74) is 4.50. The van der Waals surface area contributed by atoms with E-state index >= 15 is 0 Å². The Labute approximate surface area is 142 Å². The Morgan fingerprint density at radius 3 is 1.96 bits per heavy atom. The number of aliphatic imine (C=N–C) groups is 1. The van der Waals surface area contributed by atoms with Gasteiger partial charge in [-0.2, -0.15) is 0 Å². The second-order valence-electron chi connectivity index (χ2n) is 5.59. The van der Waals surface area contributed by atoms with Crippen LogP contribution in [-0.4, -0.2) is 10.8 Å². The third-order valence-electron chi connectivity index (χ3n) is 3.70. The molecule has 2 heteroatoms. The SMILES string of the molecule is Cc1ccc(C(/C=C(\O)c2ccccc2)=N\c2ccccc2)cc1. The molecule has 1 N–H and O–H groups in total. The maximum Gasteiger partial charge on any atom is 0.124 e. The van der Waals surface area contributed by atoms with Gasteiger partial charge in [-0.1, -0.05) is 78.4 Å². The molecule has 0 saturated heterocycles. The van der Waals surface area contributed by atoms with Gasteiger partial charge in [-0.05, 0) is 19.1 Å². The van der Waals surface area contributed by atoms with Gasteiger partial charge < -0.3 is 5.11 Å². The van der Waals surface area contributed by atoms with E-state index in [0.29, 0.717) is 0 Å². The van der Waals surface area contributed by atoms with E-state index in [4.69, 9.17) is 4.99 Å². The highest BCUT2D eigenvalue weighted by Crippen LogP contribution is 2.18. The summed E-state index contributed by atoms with van der Waals surface area (Å²) < 4.78 is 0. The fraction of sp³-hybridized carbons (Fsp3) is 0.0455. The van der Waals surface area contributed by atoms with Gasteiger partial charge in [-0.15, -0.1) is 0 Å². The van der Waals surface area contributed by atoms with E-state index in [1.54, 1.807) is 6.08 Å². The molecule has 0 heterocycles. The van der Waals surface area contributed by atoms with Gasteiger partial charge >= 0.3 is 0 Å². The lowest BCUT2D eigenvalue weighted by Crippen LogP contribution is -1.99. The Morgan fingerprint density at radius 2 is 1.33 bits per heavy atom. The minimum Gasteiger partial charge on any atom is -0.507 e. The van der Waals surface area contributed by atoms with Crippen molar-refractivity contribution in [2.45, 2.75) is 6.92 Å². The number of nitrogens with zero attached hydrogens (tertiary/aromatic N) is 1. The van der Waals surface area contributed by atoms with E-state index in [1.807, 2.05) is 84.9 Å². The number of aryl methyl sites for hydroxylation is 1. The van der Waals surface area contributed by atoms with Crippen molar-refractivity contribution in [3.05, 3.63) is 108 Å². The smallest absolute Gasteiger partial charge is 0.124 e. The molecule has 0 radical (unpaired) electrons. The van der Waals surface area contributed by atoms with Crippen molar-refractivity contribution in [3.63, 3.8) is 0 Å². The summed E-state index contributed by atoms with van der Waals surface area (Å²) in [6.07, 6.45) is 1.72. The van der Waals surface area contributed by atoms with Crippen LogP contribution in [0.3, 0.4) is 0 Å². The maximum absolute atomic E-state index is 10.5. The highest BCUT2D eigenvalue weighted by Gasteiger charge is 2.05. The van der Waals surface area contributed by atoms with Crippen LogP contribution in [0.25, 0.3) is 5.76 Å². The molecular weight excluding hydrogens is 294 g/mol. The van der Waals surface area contributed by atoms with Crippen LogP contribution in [0.2, 0.25) is 0 Å². The van der Waals surface area contributed by atoms with Crippen LogP contribution < -0.4 is 0 Å². The summed E-state index contributed by atoms with van der Waals surface area (Å²) in [4.78, 5) is 4.70. The molecule has 118 valence electrons. The Bertz CT molecular complexity index is 847. The molecule has 0 aromatic heterocycles. The summed E-state index contributed by atoms with van der Waals surface area (Å²) >= 11 is 0. The molecule has 0 amide bonds. The number of aliphatic hydroxyl groups excluding tert-OH is 1. The zero-order valence-corrected chi connectivity index (χ0v) is 13.6. The van der Waals surface area contributed by atoms with Gasteiger partial charge in [0.25, 0.3) is 0 Å². The van der Waals surface area contributed by atoms with Gasteiger partial charge in [0, 0.05) is 17.2 Å². The van der Waals surface area contributed by atoms with Crippen LogP contribution in [0.5, 0.6) is 0 Å². The van der Waals surface area contributed by atoms with Crippen molar-refractivity contribution in [1.82, 2.24) is 0 Å². The summed E-state index contributed by atoms with van der Waals surface area (Å²) in [5, 5.41) is 10.5. The standard InChI is InChI=1S/C22H19NO/c1-17-12-14-18(15-13-17)21(23-20-10-6-3-7-11-20)16-22(24)19-8-4-2-5-9-19/h2-16,24H,1H3/b22-16-,23-21-. The first kappa shape index (κ1) is 15.8. The topological polar surface area (TPSA) is 32.6 Å². The minimum absolute atomic E-state index is 0.200. The summed E-state index contributed by atoms with van der Waals surface area (Å²) in [6, 6.07) is 27.4. The lowest BCUT2D eigenvalue weighted by Gasteiger charge is -2.06. The number of hydrogen-bond acceptors (Lipinski definition) is 2. The first-order valence-electron chi connectivity index (χ1n) is 7.89. The van der Waals surface area contributed by atoms with E-state index in [1.165, 1.54) is 5.56 Å². The highest BCUT2D eigenvalue weighted by molar-refractivity contribution is 6.12. The first-order valence-corrected chi connectivity index (χ1v) is 7.89. The molecule has 0 saturated carbocycles. The quantitative estimate of drug-likeness (QED) is 0.485. The number of aliphatic hydroxyl groups is 1. The van der Waals surface area contributed by atoms with Crippen LogP contribution >= 0.6 is 0 Å². The molecule has 3 rings (SSSR count). The van der Waals surface area contributed by atoms with Gasteiger partial charge in [0.05, 0.1) is 11.4 Å². The fourth-order valence-corrected chi connectivity index (χ4v) is 2.37. The fourth-order valence-electron chi connectivity index (χ4n) is 2.37. The number of para-hydroxylation sites is 1. The third-order valence-corrected chi connectivity index (χ3v) is 3.70. The Balaban J connectivity index is 2.05. The zero-order valence-electron chi connectivity index (χ0n) is 13.6. The monoisotopic (exact) mass is 313 g/mol. The summed E-state index contributed by atoms with van der Waals surface area (Å²) in [7, 11) is 0. The van der Waals surface area contributed by atoms with Gasteiger partial charge in [0.15, 0.2) is 0 Å². The van der Waals surface area contributed by atoms with Crippen molar-refractivity contribution in [1.29, 1.82) is 0 Å². The lowest BCUT2D eigenvalue weighted by atomic mass is 10.1. The van der Waals surface area contributed by atoms with Crippen LogP contribution in [0.15, 0.2) is 96.0 Å². The molecular formula is C22H19NO. The van der Waals surface area contributed by atoms with Crippen LogP contribution in [-0.2, 0) is 0 Å². The van der Waals surface area contributed by atoms with Crippen LogP contribution in [0.4, 0.5) is 5.69 Å². The Kier molecular flexibility index (Phi) is 4.87. The number of allylic oxidation sites excluding steroid dienone is 1. The molecule has 0 spiro atoms. The lowest BCUT2D eigenvalue weighted by molar-refractivity contribution is 0.512. The maximum atomic E-state index is 10.5. The van der Waals surface area contributed by atoms with Crippen molar-refractivity contribution >= 4 is 17.2 Å². The number of benzene rings is 3. The van der Waals surface area contributed by atoms with Gasteiger partial charge in [0.2, 0.25) is 0 Å². The van der Waals surface area contributed by atoms with E-state index in [0.717, 1.165) is 22.5 Å². The predicted molar refractivity (Wildman–Crippen MR) is 101 cm³/mol. The number of rotatable bonds is 4. The van der Waals surface area contributed by atoms with Crippen molar-refractivity contribution < 1.29 is 5.11 Å². The van der Waals surface area contributed by atoms with Gasteiger partial charge in [-0.25, -0.2) is 4.99 Å². The zero-order chi connectivity index (χ0) is 16.8. The third kappa shape index (κ3) is 3.99. The van der Waals surface area contributed by atoms with E-state index in [9.17, 15) is 5.11 Å². The van der Waals surface area contributed by atoms with Gasteiger partial charge in [-0.3, -0.25) is 0 Å². The largest absolute Gasteiger partial charge is 0.507 e. The molecule has 0 aliphatic carbocycles. The minimum atomic E-state index is 0.200. The van der Waals surface area contributed by atoms with Crippen molar-refractivity contribution in [2.75, 3.05) is 0 Å². The van der Waals surface area contributed by atoms with Crippen LogP contribution in [0.1, 0.15) is 16.7 Å². The molecule has 0 fully saturated rings. The Morgan fingerprint density at radius 1 is 0.750 bits per heavy atom. The molecule has 0 aliphatic rings. The Hall–Kier alpha value is -3.13. The van der Waals surface area contributed by atoms with Gasteiger partial charge in [0.1, 0.15) is 5.76 Å². The average Bonchev–Trinajstić information content (AvgIpc) is 2.63. The molecule has 3 aromatic carbocycles. The molecule has 24 heavy (non-hydrogen) atoms.